The van der Waals surface area contributed by atoms with Crippen LogP contribution in [-0.2, 0) is 6.42 Å². The zero-order valence-corrected chi connectivity index (χ0v) is 16.9. The van der Waals surface area contributed by atoms with Crippen LogP contribution in [0.2, 0.25) is 0 Å². The Bertz CT molecular complexity index is 1270. The quantitative estimate of drug-likeness (QED) is 0.395. The van der Waals surface area contributed by atoms with E-state index in [9.17, 15) is 0 Å². The van der Waals surface area contributed by atoms with E-state index in [1.54, 1.807) is 0 Å². The topological polar surface area (TPSA) is 59.4 Å². The van der Waals surface area contributed by atoms with E-state index in [0.717, 1.165) is 24.1 Å². The predicted molar refractivity (Wildman–Crippen MR) is 120 cm³/mol. The van der Waals surface area contributed by atoms with Crippen LogP contribution in [0.1, 0.15) is 25.3 Å². The van der Waals surface area contributed by atoms with Gasteiger partial charge >= 0.3 is 0 Å². The van der Waals surface area contributed by atoms with Gasteiger partial charge in [-0.3, -0.25) is 0 Å². The average Bonchev–Trinajstić information content (AvgIpc) is 3.45. The summed E-state index contributed by atoms with van der Waals surface area (Å²) in [6.07, 6.45) is 3.39. The van der Waals surface area contributed by atoms with Crippen molar-refractivity contribution in [3.63, 3.8) is 0 Å². The van der Waals surface area contributed by atoms with E-state index < -0.39 is 0 Å². The van der Waals surface area contributed by atoms with Gasteiger partial charge in [0.05, 0.1) is 11.2 Å². The zero-order valence-electron chi connectivity index (χ0n) is 16.9. The van der Waals surface area contributed by atoms with Crippen molar-refractivity contribution in [1.82, 2.24) is 25.2 Å². The summed E-state index contributed by atoms with van der Waals surface area (Å²) < 4.78 is 2.37. The standard InChI is InChI=1S/C25H23N5/c1-2-3-14-22-21-15-7-8-16-23(21)30(24(22)18-10-5-4-6-11-18)20-13-9-12-19(17-20)25-26-28-29-27-25/h4-13,15-17H,2-3,14H2,1H3,(H,26,27,28,29). The molecule has 30 heavy (non-hydrogen) atoms. The molecule has 1 N–H and O–H groups in total. The molecule has 0 aliphatic rings. The van der Waals surface area contributed by atoms with Crippen molar-refractivity contribution in [3.05, 3.63) is 84.4 Å². The van der Waals surface area contributed by atoms with Crippen LogP contribution in [0.5, 0.6) is 0 Å². The van der Waals surface area contributed by atoms with Crippen LogP contribution < -0.4 is 0 Å². The summed E-state index contributed by atoms with van der Waals surface area (Å²) in [5.41, 5.74) is 7.14. The fraction of sp³-hybridized carbons (Fsp3) is 0.160. The van der Waals surface area contributed by atoms with E-state index in [0.29, 0.717) is 5.82 Å². The van der Waals surface area contributed by atoms with Gasteiger partial charge in [-0.25, -0.2) is 0 Å². The lowest BCUT2D eigenvalue weighted by molar-refractivity contribution is 0.798. The van der Waals surface area contributed by atoms with Gasteiger partial charge in [0, 0.05) is 16.6 Å². The van der Waals surface area contributed by atoms with E-state index in [-0.39, 0.29) is 0 Å². The van der Waals surface area contributed by atoms with Crippen molar-refractivity contribution < 1.29 is 0 Å². The maximum Gasteiger partial charge on any atom is 0.204 e. The summed E-state index contributed by atoms with van der Waals surface area (Å²) in [6.45, 7) is 2.25. The number of fused-ring (bicyclic) bond motifs is 1. The molecule has 5 heteroatoms. The van der Waals surface area contributed by atoms with Crippen LogP contribution in [0.25, 0.3) is 39.2 Å². The van der Waals surface area contributed by atoms with Crippen LogP contribution in [0.15, 0.2) is 78.9 Å². The fourth-order valence-electron chi connectivity index (χ4n) is 4.15. The number of para-hydroxylation sites is 1. The predicted octanol–water partition coefficient (Wildman–Crippen LogP) is 5.82. The molecule has 5 aromatic rings. The number of rotatable bonds is 6. The monoisotopic (exact) mass is 393 g/mol. The maximum atomic E-state index is 4.15. The molecule has 0 saturated carbocycles. The molecule has 0 saturated heterocycles. The fourth-order valence-corrected chi connectivity index (χ4v) is 4.15. The molecule has 0 atom stereocenters. The van der Waals surface area contributed by atoms with Crippen LogP contribution in [0.4, 0.5) is 0 Å². The number of aryl methyl sites for hydroxylation is 1. The minimum atomic E-state index is 0.598. The lowest BCUT2D eigenvalue weighted by Crippen LogP contribution is -1.99. The molecule has 0 aliphatic carbocycles. The Morgan fingerprint density at radius 2 is 1.67 bits per heavy atom. The smallest absolute Gasteiger partial charge is 0.204 e. The van der Waals surface area contributed by atoms with Gasteiger partial charge in [-0.15, -0.1) is 10.2 Å². The second-order valence-electron chi connectivity index (χ2n) is 7.44. The molecule has 0 amide bonds. The first-order valence-electron chi connectivity index (χ1n) is 10.4. The number of tetrazole rings is 1. The second kappa shape index (κ2) is 7.95. The normalized spacial score (nSPS) is 11.2. The third-order valence-corrected chi connectivity index (χ3v) is 5.51. The van der Waals surface area contributed by atoms with Crippen LogP contribution in [0, 0.1) is 0 Å². The van der Waals surface area contributed by atoms with Gasteiger partial charge in [0.25, 0.3) is 0 Å². The first-order chi connectivity index (χ1) is 14.9. The Labute approximate surface area is 175 Å². The molecule has 0 aliphatic heterocycles. The summed E-state index contributed by atoms with van der Waals surface area (Å²) >= 11 is 0. The number of aromatic nitrogens is 5. The number of nitrogens with zero attached hydrogens (tertiary/aromatic N) is 4. The second-order valence-corrected chi connectivity index (χ2v) is 7.44. The van der Waals surface area contributed by atoms with Gasteiger partial charge in [-0.2, -0.15) is 5.21 Å². The molecular formula is C25H23N5. The van der Waals surface area contributed by atoms with Gasteiger partial charge in [0.1, 0.15) is 0 Å². The molecule has 5 nitrogen and oxygen atoms in total. The highest BCUT2D eigenvalue weighted by molar-refractivity contribution is 5.94. The first-order valence-corrected chi connectivity index (χ1v) is 10.4. The third kappa shape index (κ3) is 3.18. The Morgan fingerprint density at radius 3 is 2.47 bits per heavy atom. The molecule has 148 valence electrons. The molecule has 3 aromatic carbocycles. The first kappa shape index (κ1) is 18.3. The minimum absolute atomic E-state index is 0.598. The number of nitrogens with one attached hydrogen (secondary N) is 1. The average molecular weight is 393 g/mol. The largest absolute Gasteiger partial charge is 0.309 e. The van der Waals surface area contributed by atoms with Crippen molar-refractivity contribution >= 4 is 10.9 Å². The van der Waals surface area contributed by atoms with Crippen molar-refractivity contribution in [3.8, 4) is 28.3 Å². The van der Waals surface area contributed by atoms with Gasteiger partial charge in [0.15, 0.2) is 0 Å². The Morgan fingerprint density at radius 1 is 0.867 bits per heavy atom. The highest BCUT2D eigenvalue weighted by Crippen LogP contribution is 2.37. The van der Waals surface area contributed by atoms with E-state index in [2.05, 4.69) is 105 Å². The number of hydrogen-bond donors (Lipinski definition) is 1. The van der Waals surface area contributed by atoms with Crippen molar-refractivity contribution in [2.75, 3.05) is 0 Å². The van der Waals surface area contributed by atoms with E-state index >= 15 is 0 Å². The maximum absolute atomic E-state index is 4.15. The van der Waals surface area contributed by atoms with Crippen LogP contribution in [-0.4, -0.2) is 25.2 Å². The van der Waals surface area contributed by atoms with Gasteiger partial charge in [0.2, 0.25) is 5.82 Å². The number of H-pyrrole nitrogens is 1. The SMILES string of the molecule is CCCCc1c(-c2ccccc2)n(-c2cccc(-c3nn[nH]n3)c2)c2ccccc12. The number of hydrogen-bond acceptors (Lipinski definition) is 3. The van der Waals surface area contributed by atoms with Crippen molar-refractivity contribution in [1.29, 1.82) is 0 Å². The highest BCUT2D eigenvalue weighted by atomic mass is 15.5. The summed E-state index contributed by atoms with van der Waals surface area (Å²) in [4.78, 5) is 0. The summed E-state index contributed by atoms with van der Waals surface area (Å²) in [6, 6.07) is 27.7. The van der Waals surface area contributed by atoms with Crippen molar-refractivity contribution in [2.45, 2.75) is 26.2 Å². The highest BCUT2D eigenvalue weighted by Gasteiger charge is 2.19. The Balaban J connectivity index is 1.81. The third-order valence-electron chi connectivity index (χ3n) is 5.51. The number of aromatic amines is 1. The van der Waals surface area contributed by atoms with E-state index in [1.165, 1.54) is 34.1 Å². The lowest BCUT2D eigenvalue weighted by Gasteiger charge is -2.14. The molecular weight excluding hydrogens is 370 g/mol. The Kier molecular flexibility index (Phi) is 4.85. The van der Waals surface area contributed by atoms with Crippen LogP contribution >= 0.6 is 0 Å². The molecule has 0 fully saturated rings. The van der Waals surface area contributed by atoms with Gasteiger partial charge in [-0.05, 0) is 47.4 Å². The van der Waals surface area contributed by atoms with Crippen molar-refractivity contribution in [2.24, 2.45) is 0 Å². The summed E-state index contributed by atoms with van der Waals surface area (Å²) in [5.74, 6) is 0.598. The Hall–Kier alpha value is -3.73. The lowest BCUT2D eigenvalue weighted by atomic mass is 10.0. The van der Waals surface area contributed by atoms with E-state index in [1.807, 2.05) is 6.07 Å². The minimum Gasteiger partial charge on any atom is -0.309 e. The number of unbranched alkanes of at least 4 members (excludes halogenated alkanes) is 1. The summed E-state index contributed by atoms with van der Waals surface area (Å²) in [7, 11) is 0. The molecule has 0 unspecified atom stereocenters. The molecule has 0 radical (unpaired) electrons. The van der Waals surface area contributed by atoms with E-state index in [4.69, 9.17) is 0 Å². The molecule has 0 bridgehead atoms. The zero-order chi connectivity index (χ0) is 20.3. The number of benzene rings is 3. The van der Waals surface area contributed by atoms with Gasteiger partial charge in [-0.1, -0.05) is 74.0 Å². The summed E-state index contributed by atoms with van der Waals surface area (Å²) in [5, 5.41) is 15.9. The molecule has 2 aromatic heterocycles. The molecule has 2 heterocycles. The van der Waals surface area contributed by atoms with Gasteiger partial charge < -0.3 is 4.57 Å². The van der Waals surface area contributed by atoms with Crippen LogP contribution in [0.3, 0.4) is 0 Å². The molecule has 5 rings (SSSR count). The molecule has 0 spiro atoms.